The van der Waals surface area contributed by atoms with Crippen LogP contribution in [0, 0.1) is 0 Å². The van der Waals surface area contributed by atoms with E-state index >= 15 is 0 Å². The molecule has 0 spiro atoms. The van der Waals surface area contributed by atoms with E-state index in [4.69, 9.17) is 11.6 Å². The Hall–Kier alpha value is -2.57. The first-order valence-electron chi connectivity index (χ1n) is 9.40. The summed E-state index contributed by atoms with van der Waals surface area (Å²) in [4.78, 5) is 41.0. The third-order valence-electron chi connectivity index (χ3n) is 5.00. The van der Waals surface area contributed by atoms with Crippen molar-refractivity contribution >= 4 is 52.1 Å². The number of thioether (sulfide) groups is 1. The lowest BCUT2D eigenvalue weighted by Gasteiger charge is -2.17. The second-order valence-electron chi connectivity index (χ2n) is 6.98. The van der Waals surface area contributed by atoms with E-state index < -0.39 is 11.1 Å². The number of rotatable bonds is 5. The van der Waals surface area contributed by atoms with Gasteiger partial charge in [0, 0.05) is 29.4 Å². The lowest BCUT2D eigenvalue weighted by atomic mass is 10.1. The number of carbonyl (C=O) groups excluding carboxylic acids is 3. The fraction of sp³-hybridized carbons (Fsp3) is 0.227. The maximum atomic E-state index is 12.7. The first-order valence-corrected chi connectivity index (χ1v) is 10.6. The van der Waals surface area contributed by atoms with Gasteiger partial charge >= 0.3 is 0 Å². The Labute approximate surface area is 178 Å². The highest BCUT2D eigenvalue weighted by Crippen LogP contribution is 2.32. The van der Waals surface area contributed by atoms with E-state index in [0.29, 0.717) is 15.5 Å². The van der Waals surface area contributed by atoms with Gasteiger partial charge in [-0.2, -0.15) is 0 Å². The summed E-state index contributed by atoms with van der Waals surface area (Å²) in [6.07, 6.45) is 4.12. The zero-order valence-electron chi connectivity index (χ0n) is 15.6. The van der Waals surface area contributed by atoms with E-state index in [9.17, 15) is 14.4 Å². The van der Waals surface area contributed by atoms with Crippen molar-refractivity contribution in [1.29, 1.82) is 0 Å². The largest absolute Gasteiger partial charge is 0.372 e. The number of amides is 2. The molecule has 0 N–H and O–H groups in total. The number of carbonyl (C=O) groups is 3. The maximum absolute atomic E-state index is 12.7. The van der Waals surface area contributed by atoms with E-state index in [1.807, 2.05) is 24.3 Å². The summed E-state index contributed by atoms with van der Waals surface area (Å²) < 4.78 is 0. The van der Waals surface area contributed by atoms with Gasteiger partial charge in [0.15, 0.2) is 5.78 Å². The van der Waals surface area contributed by atoms with Crippen LogP contribution in [0.15, 0.2) is 53.4 Å². The molecule has 7 heteroatoms. The summed E-state index contributed by atoms with van der Waals surface area (Å²) >= 11 is 6.69. The van der Waals surface area contributed by atoms with E-state index in [1.165, 1.54) is 18.5 Å². The third-order valence-corrected chi connectivity index (χ3v) is 6.16. The van der Waals surface area contributed by atoms with Crippen molar-refractivity contribution in [3.8, 4) is 0 Å². The van der Waals surface area contributed by atoms with Crippen LogP contribution in [0.25, 0.3) is 6.08 Å². The van der Waals surface area contributed by atoms with Gasteiger partial charge in [-0.1, -0.05) is 23.7 Å². The van der Waals surface area contributed by atoms with Crippen LogP contribution in [-0.2, 0) is 4.79 Å². The van der Waals surface area contributed by atoms with Crippen molar-refractivity contribution in [3.05, 3.63) is 69.6 Å². The van der Waals surface area contributed by atoms with Crippen LogP contribution in [0.1, 0.15) is 28.8 Å². The number of halogens is 1. The predicted molar refractivity (Wildman–Crippen MR) is 116 cm³/mol. The smallest absolute Gasteiger partial charge is 0.293 e. The highest BCUT2D eigenvalue weighted by Gasteiger charge is 2.36. The molecule has 0 bridgehead atoms. The Kier molecular flexibility index (Phi) is 5.74. The molecule has 2 aliphatic heterocycles. The Morgan fingerprint density at radius 3 is 2.31 bits per heavy atom. The topological polar surface area (TPSA) is 57.7 Å². The molecule has 2 aromatic carbocycles. The molecule has 29 heavy (non-hydrogen) atoms. The zero-order chi connectivity index (χ0) is 20.4. The van der Waals surface area contributed by atoms with E-state index in [-0.39, 0.29) is 12.3 Å². The molecule has 2 aliphatic rings. The van der Waals surface area contributed by atoms with Crippen LogP contribution in [0.4, 0.5) is 10.5 Å². The normalized spacial score (nSPS) is 18.2. The number of imide groups is 1. The molecule has 2 saturated heterocycles. The molecular formula is C22H19ClN2O3S. The molecule has 0 unspecified atom stereocenters. The van der Waals surface area contributed by atoms with Gasteiger partial charge in [0.25, 0.3) is 11.1 Å². The van der Waals surface area contributed by atoms with Crippen LogP contribution in [0.2, 0.25) is 5.02 Å². The van der Waals surface area contributed by atoms with Gasteiger partial charge in [0.1, 0.15) is 0 Å². The highest BCUT2D eigenvalue weighted by atomic mass is 35.5. The predicted octanol–water partition coefficient (Wildman–Crippen LogP) is 4.86. The molecule has 2 amide bonds. The van der Waals surface area contributed by atoms with Gasteiger partial charge in [0.2, 0.25) is 0 Å². The van der Waals surface area contributed by atoms with E-state index in [1.54, 1.807) is 30.3 Å². The van der Waals surface area contributed by atoms with Crippen LogP contribution < -0.4 is 4.90 Å². The molecule has 0 radical (unpaired) electrons. The van der Waals surface area contributed by atoms with Gasteiger partial charge in [-0.3, -0.25) is 19.3 Å². The van der Waals surface area contributed by atoms with Gasteiger partial charge in [0.05, 0.1) is 11.4 Å². The van der Waals surface area contributed by atoms with E-state index in [0.717, 1.165) is 35.3 Å². The van der Waals surface area contributed by atoms with Crippen molar-refractivity contribution in [2.45, 2.75) is 12.8 Å². The minimum absolute atomic E-state index is 0.280. The average Bonchev–Trinajstić information content (AvgIpc) is 3.34. The summed E-state index contributed by atoms with van der Waals surface area (Å²) in [7, 11) is 0. The van der Waals surface area contributed by atoms with E-state index in [2.05, 4.69) is 4.90 Å². The molecule has 2 aromatic rings. The van der Waals surface area contributed by atoms with Gasteiger partial charge in [-0.05, 0) is 72.6 Å². The molecular weight excluding hydrogens is 408 g/mol. The first kappa shape index (κ1) is 19.7. The quantitative estimate of drug-likeness (QED) is 0.504. The Bertz CT molecular complexity index is 980. The van der Waals surface area contributed by atoms with Crippen molar-refractivity contribution in [2.75, 3.05) is 24.5 Å². The SMILES string of the molecule is O=C(CN1C(=O)SC(=Cc2ccc(N3CCCC3)cc2)C1=O)c1ccc(Cl)cc1. The Morgan fingerprint density at radius 1 is 1.00 bits per heavy atom. The zero-order valence-corrected chi connectivity index (χ0v) is 17.2. The van der Waals surface area contributed by atoms with Crippen LogP contribution in [-0.4, -0.2) is 41.5 Å². The lowest BCUT2D eigenvalue weighted by Crippen LogP contribution is -2.33. The molecule has 148 valence electrons. The van der Waals surface area contributed by atoms with Gasteiger partial charge < -0.3 is 4.90 Å². The monoisotopic (exact) mass is 426 g/mol. The molecule has 2 heterocycles. The summed E-state index contributed by atoms with van der Waals surface area (Å²) in [5.74, 6) is -0.744. The molecule has 0 aliphatic carbocycles. The Morgan fingerprint density at radius 2 is 1.66 bits per heavy atom. The molecule has 2 fully saturated rings. The number of anilines is 1. The summed E-state index contributed by atoms with van der Waals surface area (Å²) in [6.45, 7) is 1.86. The van der Waals surface area contributed by atoms with Crippen LogP contribution >= 0.6 is 23.4 Å². The minimum atomic E-state index is -0.439. The summed E-state index contributed by atoms with van der Waals surface area (Å²) in [5.41, 5.74) is 2.43. The lowest BCUT2D eigenvalue weighted by molar-refractivity contribution is -0.122. The van der Waals surface area contributed by atoms with Gasteiger partial charge in [-0.25, -0.2) is 0 Å². The second kappa shape index (κ2) is 8.43. The Balaban J connectivity index is 1.45. The molecule has 0 atom stereocenters. The fourth-order valence-corrected chi connectivity index (χ4v) is 4.38. The number of Topliss-reactive ketones (excluding diaryl/α,β-unsaturated/α-hetero) is 1. The number of ketones is 1. The average molecular weight is 427 g/mol. The van der Waals surface area contributed by atoms with Crippen molar-refractivity contribution in [1.82, 2.24) is 4.90 Å². The second-order valence-corrected chi connectivity index (χ2v) is 8.41. The standard InChI is InChI=1S/C22H19ClN2O3S/c23-17-7-5-16(6-8-17)19(26)14-25-21(27)20(29-22(25)28)13-15-3-9-18(10-4-15)24-11-1-2-12-24/h3-10,13H,1-2,11-12,14H2. The van der Waals surface area contributed by atoms with Crippen LogP contribution in [0.3, 0.4) is 0 Å². The summed E-state index contributed by atoms with van der Waals surface area (Å²) in [6, 6.07) is 14.3. The number of hydrogen-bond donors (Lipinski definition) is 0. The maximum Gasteiger partial charge on any atom is 0.293 e. The molecule has 0 saturated carbocycles. The van der Waals surface area contributed by atoms with Crippen molar-refractivity contribution in [2.24, 2.45) is 0 Å². The number of benzene rings is 2. The van der Waals surface area contributed by atoms with Crippen LogP contribution in [0.5, 0.6) is 0 Å². The van der Waals surface area contributed by atoms with Crippen molar-refractivity contribution in [3.63, 3.8) is 0 Å². The molecule has 4 rings (SSSR count). The minimum Gasteiger partial charge on any atom is -0.372 e. The molecule has 0 aromatic heterocycles. The van der Waals surface area contributed by atoms with Crippen molar-refractivity contribution < 1.29 is 14.4 Å². The fourth-order valence-electron chi connectivity index (χ4n) is 3.42. The summed E-state index contributed by atoms with van der Waals surface area (Å²) in [5, 5.41) is 0.0867. The highest BCUT2D eigenvalue weighted by molar-refractivity contribution is 8.18. The third kappa shape index (κ3) is 4.38. The number of hydrogen-bond acceptors (Lipinski definition) is 5. The van der Waals surface area contributed by atoms with Gasteiger partial charge in [-0.15, -0.1) is 0 Å². The first-order chi connectivity index (χ1) is 14.0. The number of nitrogens with zero attached hydrogens (tertiary/aromatic N) is 2. The molecule has 5 nitrogen and oxygen atoms in total.